The second kappa shape index (κ2) is 5.80. The van der Waals surface area contributed by atoms with Crippen LogP contribution in [0.4, 0.5) is 0 Å². The van der Waals surface area contributed by atoms with Crippen molar-refractivity contribution in [3.63, 3.8) is 0 Å². The zero-order valence-electron chi connectivity index (χ0n) is 8.66. The molecule has 0 bridgehead atoms. The largest absolute Gasteiger partial charge is 1.00 e. The topological polar surface area (TPSA) is 35.1 Å². The molecule has 0 N–H and O–H groups in total. The number of esters is 1. The van der Waals surface area contributed by atoms with Crippen molar-refractivity contribution in [2.75, 3.05) is 7.11 Å². The summed E-state index contributed by atoms with van der Waals surface area (Å²) in [4.78, 5) is 10.9. The molecule has 1 aromatic rings. The van der Waals surface area contributed by atoms with Gasteiger partial charge >= 0.3 is 5.97 Å². The molecule has 0 aliphatic heterocycles. The van der Waals surface area contributed by atoms with E-state index in [-0.39, 0.29) is 23.0 Å². The lowest BCUT2D eigenvalue weighted by atomic mass is 10.4. The monoisotopic (exact) mass is 262 g/mol. The lowest BCUT2D eigenvalue weighted by molar-refractivity contribution is -0.677. The molecule has 4 nitrogen and oxygen atoms in total. The minimum Gasteiger partial charge on any atom is -1.00 e. The van der Waals surface area contributed by atoms with Crippen molar-refractivity contribution in [1.82, 2.24) is 4.57 Å². The molecule has 14 heavy (non-hydrogen) atoms. The Hall–Kier alpha value is -0.840. The highest BCUT2D eigenvalue weighted by molar-refractivity contribution is 5.68. The van der Waals surface area contributed by atoms with Gasteiger partial charge in [0.1, 0.15) is 18.9 Å². The van der Waals surface area contributed by atoms with Gasteiger partial charge in [-0.25, -0.2) is 9.13 Å². The summed E-state index contributed by atoms with van der Waals surface area (Å²) in [6.07, 6.45) is 4.34. The molecular formula is C9H15BrN2O2. The standard InChI is InChI=1S/C9H15N2O2.BrH/c1-8-10(2)6-7-11(8)5-4-9(12)13-3;/h6-7H,4-5H2,1-3H3;1H/q+1;/p-1. The molecule has 0 fully saturated rings. The van der Waals surface area contributed by atoms with Gasteiger partial charge in [0.15, 0.2) is 0 Å². The second-order valence-electron chi connectivity index (χ2n) is 2.98. The highest BCUT2D eigenvalue weighted by Gasteiger charge is 2.10. The van der Waals surface area contributed by atoms with Crippen LogP contribution in [0.1, 0.15) is 12.2 Å². The zero-order valence-corrected chi connectivity index (χ0v) is 10.2. The predicted octanol–water partition coefficient (Wildman–Crippen LogP) is -2.81. The first-order chi connectivity index (χ1) is 6.15. The Morgan fingerprint density at radius 2 is 2.29 bits per heavy atom. The SMILES string of the molecule is COC(=O)CCn1cc[n+](C)c1C.[Br-]. The summed E-state index contributed by atoms with van der Waals surface area (Å²) in [6, 6.07) is 0. The zero-order chi connectivity index (χ0) is 9.84. The van der Waals surface area contributed by atoms with Crippen LogP contribution < -0.4 is 21.5 Å². The van der Waals surface area contributed by atoms with Crippen LogP contribution in [0.2, 0.25) is 0 Å². The number of imidazole rings is 1. The van der Waals surface area contributed by atoms with E-state index < -0.39 is 0 Å². The number of methoxy groups -OCH3 is 1. The molecule has 5 heteroatoms. The Morgan fingerprint density at radius 3 is 2.71 bits per heavy atom. The third kappa shape index (κ3) is 3.14. The van der Waals surface area contributed by atoms with Crippen molar-refractivity contribution in [3.8, 4) is 0 Å². The van der Waals surface area contributed by atoms with E-state index in [4.69, 9.17) is 0 Å². The number of hydrogen-bond acceptors (Lipinski definition) is 2. The first kappa shape index (κ1) is 13.2. The molecule has 0 aliphatic rings. The summed E-state index contributed by atoms with van der Waals surface area (Å²) < 4.78 is 8.60. The molecule has 0 saturated heterocycles. The van der Waals surface area contributed by atoms with Crippen molar-refractivity contribution < 1.29 is 31.1 Å². The van der Waals surface area contributed by atoms with Gasteiger partial charge in [-0.1, -0.05) is 0 Å². The second-order valence-corrected chi connectivity index (χ2v) is 2.98. The summed E-state index contributed by atoms with van der Waals surface area (Å²) in [6.45, 7) is 2.69. The minimum absolute atomic E-state index is 0. The predicted molar refractivity (Wildman–Crippen MR) is 47.0 cm³/mol. The summed E-state index contributed by atoms with van der Waals surface area (Å²) in [5.41, 5.74) is 0. The van der Waals surface area contributed by atoms with Crippen LogP contribution in [0.5, 0.6) is 0 Å². The molecule has 0 atom stereocenters. The minimum atomic E-state index is -0.171. The van der Waals surface area contributed by atoms with Crippen molar-refractivity contribution >= 4 is 5.97 Å². The molecule has 0 unspecified atom stereocenters. The van der Waals surface area contributed by atoms with Gasteiger partial charge in [-0.3, -0.25) is 4.79 Å². The van der Waals surface area contributed by atoms with E-state index in [1.165, 1.54) is 7.11 Å². The van der Waals surface area contributed by atoms with Crippen LogP contribution in [0.15, 0.2) is 12.4 Å². The van der Waals surface area contributed by atoms with Crippen molar-refractivity contribution in [1.29, 1.82) is 0 Å². The van der Waals surface area contributed by atoms with Gasteiger partial charge < -0.3 is 21.7 Å². The first-order valence-corrected chi connectivity index (χ1v) is 4.23. The fraction of sp³-hybridized carbons (Fsp3) is 0.556. The maximum atomic E-state index is 10.9. The number of nitrogens with zero attached hydrogens (tertiary/aromatic N) is 2. The quantitative estimate of drug-likeness (QED) is 0.436. The molecule has 1 aromatic heterocycles. The van der Waals surface area contributed by atoms with Gasteiger partial charge in [0.25, 0.3) is 5.82 Å². The lowest BCUT2D eigenvalue weighted by Crippen LogP contribution is -3.00. The van der Waals surface area contributed by atoms with Crippen LogP contribution in [-0.2, 0) is 23.1 Å². The average Bonchev–Trinajstić information content (AvgIpc) is 2.44. The molecule has 80 valence electrons. The molecule has 1 rings (SSSR count). The van der Waals surface area contributed by atoms with E-state index in [9.17, 15) is 4.79 Å². The van der Waals surface area contributed by atoms with Crippen LogP contribution in [0, 0.1) is 6.92 Å². The summed E-state index contributed by atoms with van der Waals surface area (Å²) in [5.74, 6) is 0.958. The molecule has 0 aliphatic carbocycles. The number of rotatable bonds is 3. The normalized spacial score (nSPS) is 9.36. The fourth-order valence-electron chi connectivity index (χ4n) is 1.15. The highest BCUT2D eigenvalue weighted by Crippen LogP contribution is 1.96. The number of aromatic nitrogens is 2. The van der Waals surface area contributed by atoms with Crippen molar-refractivity contribution in [2.45, 2.75) is 19.9 Å². The molecule has 0 radical (unpaired) electrons. The summed E-state index contributed by atoms with van der Waals surface area (Å²) in [5, 5.41) is 0. The number of carbonyl (C=O) groups excluding carboxylic acids is 1. The van der Waals surface area contributed by atoms with E-state index in [0.29, 0.717) is 13.0 Å². The molecule has 1 heterocycles. The third-order valence-electron chi connectivity index (χ3n) is 2.18. The Labute approximate surface area is 94.3 Å². The number of carbonyl (C=O) groups is 1. The number of aryl methyl sites for hydroxylation is 2. The Morgan fingerprint density at radius 1 is 1.64 bits per heavy atom. The van der Waals surface area contributed by atoms with Gasteiger partial charge in [-0.2, -0.15) is 0 Å². The maximum Gasteiger partial charge on any atom is 0.309 e. The van der Waals surface area contributed by atoms with E-state index in [0.717, 1.165) is 5.82 Å². The van der Waals surface area contributed by atoms with Gasteiger partial charge in [0.2, 0.25) is 0 Å². The molecule has 0 saturated carbocycles. The van der Waals surface area contributed by atoms with Crippen LogP contribution in [-0.4, -0.2) is 17.6 Å². The fourth-order valence-corrected chi connectivity index (χ4v) is 1.15. The van der Waals surface area contributed by atoms with Crippen molar-refractivity contribution in [3.05, 3.63) is 18.2 Å². The molecular weight excluding hydrogens is 248 g/mol. The van der Waals surface area contributed by atoms with Gasteiger partial charge in [-0.05, 0) is 0 Å². The van der Waals surface area contributed by atoms with E-state index in [1.807, 2.05) is 35.5 Å². The van der Waals surface area contributed by atoms with Gasteiger partial charge in [0.05, 0.1) is 20.6 Å². The van der Waals surface area contributed by atoms with Crippen LogP contribution in [0.25, 0.3) is 0 Å². The van der Waals surface area contributed by atoms with Crippen LogP contribution >= 0.6 is 0 Å². The van der Waals surface area contributed by atoms with Crippen molar-refractivity contribution in [2.24, 2.45) is 7.05 Å². The maximum absolute atomic E-state index is 10.9. The molecule has 0 amide bonds. The number of halogens is 1. The van der Waals surface area contributed by atoms with Gasteiger partial charge in [-0.15, -0.1) is 0 Å². The van der Waals surface area contributed by atoms with E-state index in [1.54, 1.807) is 0 Å². The Kier molecular flexibility index (Phi) is 5.45. The third-order valence-corrected chi connectivity index (χ3v) is 2.18. The molecule has 0 spiro atoms. The summed E-state index contributed by atoms with van der Waals surface area (Å²) >= 11 is 0. The van der Waals surface area contributed by atoms with E-state index >= 15 is 0 Å². The lowest BCUT2D eigenvalue weighted by Gasteiger charge is -1.98. The number of hydrogen-bond donors (Lipinski definition) is 0. The summed E-state index contributed by atoms with van der Waals surface area (Å²) in [7, 11) is 3.38. The van der Waals surface area contributed by atoms with Gasteiger partial charge in [0, 0.05) is 6.92 Å². The highest BCUT2D eigenvalue weighted by atomic mass is 79.9. The number of ether oxygens (including phenoxy) is 1. The average molecular weight is 263 g/mol. The Bertz CT molecular complexity index is 310. The van der Waals surface area contributed by atoms with E-state index in [2.05, 4.69) is 4.74 Å². The molecule has 0 aromatic carbocycles. The smallest absolute Gasteiger partial charge is 0.309 e. The Balaban J connectivity index is 0.00000169. The van der Waals surface area contributed by atoms with Crippen LogP contribution in [0.3, 0.4) is 0 Å². The first-order valence-electron chi connectivity index (χ1n) is 4.23.